The maximum absolute atomic E-state index is 6.07. The van der Waals surface area contributed by atoms with Crippen LogP contribution >= 0.6 is 0 Å². The van der Waals surface area contributed by atoms with Gasteiger partial charge in [0.1, 0.15) is 5.52 Å². The molecule has 0 atom stereocenters. The number of aromatic nitrogens is 1. The van der Waals surface area contributed by atoms with Crippen LogP contribution in [0.1, 0.15) is 0 Å². The van der Waals surface area contributed by atoms with Crippen molar-refractivity contribution in [1.82, 2.24) is 4.98 Å². The van der Waals surface area contributed by atoms with Crippen LogP contribution < -0.4 is 5.32 Å². The number of benzene rings is 4. The van der Waals surface area contributed by atoms with Gasteiger partial charge in [0, 0.05) is 11.3 Å². The highest BCUT2D eigenvalue weighted by molar-refractivity contribution is 5.92. The molecule has 5 rings (SSSR count). The van der Waals surface area contributed by atoms with Gasteiger partial charge in [0.25, 0.3) is 0 Å². The Hall–Kier alpha value is -3.59. The molecule has 0 aliphatic rings. The van der Waals surface area contributed by atoms with Crippen molar-refractivity contribution in [3.05, 3.63) is 91.0 Å². The zero-order chi connectivity index (χ0) is 17.3. The average molecular weight is 336 g/mol. The van der Waals surface area contributed by atoms with Crippen molar-refractivity contribution < 1.29 is 4.42 Å². The molecule has 26 heavy (non-hydrogen) atoms. The minimum Gasteiger partial charge on any atom is -0.434 e. The predicted octanol–water partition coefficient (Wildman–Crippen LogP) is 6.39. The highest BCUT2D eigenvalue weighted by Gasteiger charge is 2.11. The van der Waals surface area contributed by atoms with Crippen molar-refractivity contribution in [3.8, 4) is 11.5 Å². The molecule has 5 aromatic rings. The van der Waals surface area contributed by atoms with Gasteiger partial charge in [-0.15, -0.1) is 0 Å². The molecule has 4 aromatic carbocycles. The molecule has 0 unspecified atom stereocenters. The van der Waals surface area contributed by atoms with E-state index in [2.05, 4.69) is 52.8 Å². The van der Waals surface area contributed by atoms with Crippen LogP contribution in [0.15, 0.2) is 95.4 Å². The van der Waals surface area contributed by atoms with Gasteiger partial charge < -0.3 is 9.73 Å². The van der Waals surface area contributed by atoms with Crippen molar-refractivity contribution in [2.75, 3.05) is 5.32 Å². The summed E-state index contributed by atoms with van der Waals surface area (Å²) < 4.78 is 6.07. The van der Waals surface area contributed by atoms with Gasteiger partial charge in [-0.1, -0.05) is 54.6 Å². The van der Waals surface area contributed by atoms with Crippen molar-refractivity contribution in [2.45, 2.75) is 0 Å². The molecule has 1 heterocycles. The summed E-state index contributed by atoms with van der Waals surface area (Å²) in [7, 11) is 0. The lowest BCUT2D eigenvalue weighted by Gasteiger charge is -2.08. The molecule has 0 radical (unpaired) electrons. The molecule has 0 fully saturated rings. The molecule has 0 saturated carbocycles. The van der Waals surface area contributed by atoms with Crippen LogP contribution in [0, 0.1) is 0 Å². The molecule has 1 N–H and O–H groups in total. The first kappa shape index (κ1) is 14.7. The second kappa shape index (κ2) is 6.05. The Morgan fingerprint density at radius 3 is 2.38 bits per heavy atom. The summed E-state index contributed by atoms with van der Waals surface area (Å²) in [4.78, 5) is 4.63. The van der Waals surface area contributed by atoms with E-state index in [0.717, 1.165) is 28.0 Å². The molecule has 0 saturated heterocycles. The predicted molar refractivity (Wildman–Crippen MR) is 107 cm³/mol. The van der Waals surface area contributed by atoms with E-state index < -0.39 is 0 Å². The third kappa shape index (κ3) is 2.60. The van der Waals surface area contributed by atoms with Gasteiger partial charge in [0.15, 0.2) is 5.58 Å². The topological polar surface area (TPSA) is 38.1 Å². The number of fused-ring (bicyclic) bond motifs is 2. The number of rotatable bonds is 3. The highest BCUT2D eigenvalue weighted by atomic mass is 16.3. The molecule has 0 spiro atoms. The summed E-state index contributed by atoms with van der Waals surface area (Å²) in [5.74, 6) is 0.633. The molecule has 3 heteroatoms. The van der Waals surface area contributed by atoms with Crippen LogP contribution in [0.3, 0.4) is 0 Å². The lowest BCUT2D eigenvalue weighted by atomic mass is 10.1. The Kier molecular flexibility index (Phi) is 3.42. The quantitative estimate of drug-likeness (QED) is 0.415. The average Bonchev–Trinajstić information content (AvgIpc) is 3.14. The van der Waals surface area contributed by atoms with Crippen molar-refractivity contribution >= 4 is 33.2 Å². The van der Waals surface area contributed by atoms with E-state index in [1.54, 1.807) is 0 Å². The van der Waals surface area contributed by atoms with Gasteiger partial charge in [-0.25, -0.2) is 4.98 Å². The maximum Gasteiger partial charge on any atom is 0.227 e. The summed E-state index contributed by atoms with van der Waals surface area (Å²) in [5.41, 5.74) is 4.51. The normalized spacial score (nSPS) is 11.1. The molecule has 0 aliphatic carbocycles. The zero-order valence-electron chi connectivity index (χ0n) is 14.0. The van der Waals surface area contributed by atoms with E-state index in [9.17, 15) is 0 Å². The van der Waals surface area contributed by atoms with E-state index in [1.807, 2.05) is 48.5 Å². The van der Waals surface area contributed by atoms with Crippen LogP contribution in [0.2, 0.25) is 0 Å². The van der Waals surface area contributed by atoms with E-state index >= 15 is 0 Å². The standard InChI is InChI=1S/C23H16N2O/c1-2-8-17(9-3-1)23-25-21-12-6-11-20(22(21)26-23)24-19-14-13-16-7-4-5-10-18(16)15-19/h1-15,24H. The largest absolute Gasteiger partial charge is 0.434 e. The van der Waals surface area contributed by atoms with Crippen LogP contribution in [-0.4, -0.2) is 4.98 Å². The summed E-state index contributed by atoms with van der Waals surface area (Å²) in [6.45, 7) is 0. The number of nitrogens with one attached hydrogen (secondary N) is 1. The molecule has 124 valence electrons. The fourth-order valence-electron chi connectivity index (χ4n) is 3.17. The lowest BCUT2D eigenvalue weighted by Crippen LogP contribution is -1.90. The van der Waals surface area contributed by atoms with Crippen molar-refractivity contribution in [3.63, 3.8) is 0 Å². The second-order valence-electron chi connectivity index (χ2n) is 6.23. The van der Waals surface area contributed by atoms with E-state index in [4.69, 9.17) is 4.42 Å². The first-order valence-electron chi connectivity index (χ1n) is 8.58. The van der Waals surface area contributed by atoms with Crippen molar-refractivity contribution in [1.29, 1.82) is 0 Å². The Balaban J connectivity index is 1.56. The molecular weight excluding hydrogens is 320 g/mol. The SMILES string of the molecule is c1ccc(-c2nc3cccc(Nc4ccc5ccccc5c4)c3o2)cc1. The Morgan fingerprint density at radius 2 is 1.50 bits per heavy atom. The van der Waals surface area contributed by atoms with Gasteiger partial charge in [-0.05, 0) is 47.2 Å². The third-order valence-electron chi connectivity index (χ3n) is 4.46. The molecule has 1 aromatic heterocycles. The third-order valence-corrected chi connectivity index (χ3v) is 4.46. The zero-order valence-corrected chi connectivity index (χ0v) is 14.0. The monoisotopic (exact) mass is 336 g/mol. The van der Waals surface area contributed by atoms with Gasteiger partial charge in [0.05, 0.1) is 5.69 Å². The molecule has 0 amide bonds. The number of hydrogen-bond donors (Lipinski definition) is 1. The Labute approximate surface area is 150 Å². The fourth-order valence-corrected chi connectivity index (χ4v) is 3.17. The van der Waals surface area contributed by atoms with Crippen LogP contribution in [0.25, 0.3) is 33.3 Å². The highest BCUT2D eigenvalue weighted by Crippen LogP contribution is 2.31. The first-order valence-corrected chi connectivity index (χ1v) is 8.58. The van der Waals surface area contributed by atoms with Gasteiger partial charge in [-0.3, -0.25) is 0 Å². The fraction of sp³-hybridized carbons (Fsp3) is 0. The first-order chi connectivity index (χ1) is 12.9. The Bertz CT molecular complexity index is 1210. The number of anilines is 2. The number of hydrogen-bond acceptors (Lipinski definition) is 3. The van der Waals surface area contributed by atoms with Crippen LogP contribution in [0.5, 0.6) is 0 Å². The summed E-state index contributed by atoms with van der Waals surface area (Å²) >= 11 is 0. The molecular formula is C23H16N2O. The smallest absolute Gasteiger partial charge is 0.227 e. The van der Waals surface area contributed by atoms with Gasteiger partial charge >= 0.3 is 0 Å². The second-order valence-corrected chi connectivity index (χ2v) is 6.23. The van der Waals surface area contributed by atoms with Gasteiger partial charge in [-0.2, -0.15) is 0 Å². The molecule has 3 nitrogen and oxygen atoms in total. The summed E-state index contributed by atoms with van der Waals surface area (Å²) in [5, 5.41) is 5.90. The minimum atomic E-state index is 0.633. The number of para-hydroxylation sites is 1. The maximum atomic E-state index is 6.07. The van der Waals surface area contributed by atoms with Crippen LogP contribution in [-0.2, 0) is 0 Å². The minimum absolute atomic E-state index is 0.633. The van der Waals surface area contributed by atoms with E-state index in [0.29, 0.717) is 5.89 Å². The summed E-state index contributed by atoms with van der Waals surface area (Å²) in [6.07, 6.45) is 0. The molecule has 0 aliphatic heterocycles. The number of oxazole rings is 1. The van der Waals surface area contributed by atoms with E-state index in [-0.39, 0.29) is 0 Å². The summed E-state index contributed by atoms with van der Waals surface area (Å²) in [6, 6.07) is 30.6. The van der Waals surface area contributed by atoms with Crippen molar-refractivity contribution in [2.24, 2.45) is 0 Å². The van der Waals surface area contributed by atoms with E-state index in [1.165, 1.54) is 10.8 Å². The van der Waals surface area contributed by atoms with Crippen LogP contribution in [0.4, 0.5) is 11.4 Å². The Morgan fingerprint density at radius 1 is 0.692 bits per heavy atom. The molecule has 0 bridgehead atoms. The number of nitrogens with zero attached hydrogens (tertiary/aromatic N) is 1. The lowest BCUT2D eigenvalue weighted by molar-refractivity contribution is 0.621. The van der Waals surface area contributed by atoms with Gasteiger partial charge in [0.2, 0.25) is 5.89 Å².